The Morgan fingerprint density at radius 2 is 1.80 bits per heavy atom. The van der Waals surface area contributed by atoms with Gasteiger partial charge in [0.15, 0.2) is 0 Å². The van der Waals surface area contributed by atoms with Crippen molar-refractivity contribution in [3.8, 4) is 0 Å². The number of carbonyl (C=O) groups excluding carboxylic acids is 2. The second-order valence-corrected chi connectivity index (χ2v) is 7.61. The SMILES string of the molecule is O=C(NC1CC1)C1CCN(CC(=O)N2CCCc3ccccc32)CC1. The number of likely N-dealkylation sites (tertiary alicyclic amines) is 1. The van der Waals surface area contributed by atoms with Crippen LogP contribution in [0.5, 0.6) is 0 Å². The van der Waals surface area contributed by atoms with Crippen LogP contribution in [0, 0.1) is 5.92 Å². The van der Waals surface area contributed by atoms with Gasteiger partial charge in [-0.1, -0.05) is 18.2 Å². The summed E-state index contributed by atoms with van der Waals surface area (Å²) in [6, 6.07) is 8.67. The van der Waals surface area contributed by atoms with E-state index in [0.29, 0.717) is 12.6 Å². The number of hydrogen-bond donors (Lipinski definition) is 1. The molecule has 0 atom stereocenters. The molecule has 1 saturated carbocycles. The maximum absolute atomic E-state index is 12.8. The minimum Gasteiger partial charge on any atom is -0.353 e. The van der Waals surface area contributed by atoms with Gasteiger partial charge in [-0.2, -0.15) is 0 Å². The zero-order valence-corrected chi connectivity index (χ0v) is 14.7. The molecule has 2 aliphatic heterocycles. The van der Waals surface area contributed by atoms with Gasteiger partial charge in [-0.3, -0.25) is 14.5 Å². The molecule has 25 heavy (non-hydrogen) atoms. The van der Waals surface area contributed by atoms with Crippen molar-refractivity contribution in [1.82, 2.24) is 10.2 Å². The Hall–Kier alpha value is -1.88. The molecule has 1 aromatic rings. The molecule has 0 aromatic heterocycles. The minimum absolute atomic E-state index is 0.127. The highest BCUT2D eigenvalue weighted by Crippen LogP contribution is 2.27. The van der Waals surface area contributed by atoms with Gasteiger partial charge < -0.3 is 10.2 Å². The Morgan fingerprint density at radius 3 is 2.56 bits per heavy atom. The zero-order chi connectivity index (χ0) is 17.2. The van der Waals surface area contributed by atoms with Crippen molar-refractivity contribution in [3.05, 3.63) is 29.8 Å². The smallest absolute Gasteiger partial charge is 0.241 e. The lowest BCUT2D eigenvalue weighted by Crippen LogP contribution is -2.47. The van der Waals surface area contributed by atoms with Gasteiger partial charge in [-0.05, 0) is 63.2 Å². The van der Waals surface area contributed by atoms with Crippen LogP contribution in [0.2, 0.25) is 0 Å². The highest BCUT2D eigenvalue weighted by Gasteiger charge is 2.31. The normalized spacial score (nSPS) is 21.7. The number of benzene rings is 1. The second-order valence-electron chi connectivity index (χ2n) is 7.61. The van der Waals surface area contributed by atoms with Crippen molar-refractivity contribution in [2.45, 2.75) is 44.6 Å². The maximum atomic E-state index is 12.8. The highest BCUT2D eigenvalue weighted by atomic mass is 16.2. The Kier molecular flexibility index (Phi) is 4.75. The standard InChI is InChI=1S/C20H27N3O2/c24-19(23-11-3-5-15-4-1-2-6-18(15)23)14-22-12-9-16(10-13-22)20(25)21-17-7-8-17/h1-2,4,6,16-17H,3,5,7-14H2,(H,21,25). The van der Waals surface area contributed by atoms with Crippen LogP contribution < -0.4 is 10.2 Å². The molecule has 1 N–H and O–H groups in total. The van der Waals surface area contributed by atoms with Crippen molar-refractivity contribution < 1.29 is 9.59 Å². The first-order chi connectivity index (χ1) is 12.2. The predicted molar refractivity (Wildman–Crippen MR) is 97.4 cm³/mol. The van der Waals surface area contributed by atoms with Crippen molar-refractivity contribution in [3.63, 3.8) is 0 Å². The number of carbonyl (C=O) groups is 2. The molecule has 1 saturated heterocycles. The summed E-state index contributed by atoms with van der Waals surface area (Å²) in [7, 11) is 0. The lowest BCUT2D eigenvalue weighted by atomic mass is 9.95. The molecule has 2 fully saturated rings. The third-order valence-electron chi connectivity index (χ3n) is 5.65. The Balaban J connectivity index is 1.30. The van der Waals surface area contributed by atoms with Crippen LogP contribution >= 0.6 is 0 Å². The molecule has 1 aliphatic carbocycles. The van der Waals surface area contributed by atoms with Crippen LogP contribution in [0.1, 0.15) is 37.7 Å². The van der Waals surface area contributed by atoms with E-state index in [-0.39, 0.29) is 17.7 Å². The Bertz CT molecular complexity index is 648. The molecule has 2 amide bonds. The summed E-state index contributed by atoms with van der Waals surface area (Å²) in [5.41, 5.74) is 2.36. The van der Waals surface area contributed by atoms with E-state index in [9.17, 15) is 9.59 Å². The monoisotopic (exact) mass is 341 g/mol. The fraction of sp³-hybridized carbons (Fsp3) is 0.600. The number of aryl methyl sites for hydroxylation is 1. The van der Waals surface area contributed by atoms with Gasteiger partial charge in [-0.15, -0.1) is 0 Å². The van der Waals surface area contributed by atoms with Crippen LogP contribution in [0.4, 0.5) is 5.69 Å². The number of piperidine rings is 1. The molecule has 1 aromatic carbocycles. The molecule has 0 bridgehead atoms. The molecular weight excluding hydrogens is 314 g/mol. The van der Waals surface area contributed by atoms with E-state index in [2.05, 4.69) is 22.3 Å². The first-order valence-corrected chi connectivity index (χ1v) is 9.62. The van der Waals surface area contributed by atoms with Crippen LogP contribution in [-0.4, -0.2) is 48.9 Å². The zero-order valence-electron chi connectivity index (χ0n) is 14.7. The van der Waals surface area contributed by atoms with E-state index in [0.717, 1.165) is 63.8 Å². The van der Waals surface area contributed by atoms with Gasteiger partial charge in [0, 0.05) is 24.2 Å². The highest BCUT2D eigenvalue weighted by molar-refractivity contribution is 5.96. The molecule has 4 rings (SSSR count). The van der Waals surface area contributed by atoms with Crippen LogP contribution in [0.15, 0.2) is 24.3 Å². The number of nitrogens with zero attached hydrogens (tertiary/aromatic N) is 2. The summed E-state index contributed by atoms with van der Waals surface area (Å²) in [5.74, 6) is 0.536. The number of anilines is 1. The second kappa shape index (κ2) is 7.16. The minimum atomic E-state index is 0.127. The molecule has 3 aliphatic rings. The lowest BCUT2D eigenvalue weighted by molar-refractivity contribution is -0.126. The van der Waals surface area contributed by atoms with Crippen molar-refractivity contribution >= 4 is 17.5 Å². The van der Waals surface area contributed by atoms with Gasteiger partial charge in [0.1, 0.15) is 0 Å². The van der Waals surface area contributed by atoms with E-state index in [1.54, 1.807) is 0 Å². The molecule has 134 valence electrons. The fourth-order valence-electron chi connectivity index (χ4n) is 3.97. The molecule has 0 unspecified atom stereocenters. The van der Waals surface area contributed by atoms with Gasteiger partial charge >= 0.3 is 0 Å². The Labute approximate surface area is 149 Å². The van der Waals surface area contributed by atoms with Gasteiger partial charge in [-0.25, -0.2) is 0 Å². The predicted octanol–water partition coefficient (Wildman–Crippen LogP) is 1.96. The molecule has 0 spiro atoms. The summed E-state index contributed by atoms with van der Waals surface area (Å²) in [4.78, 5) is 29.1. The number of para-hydroxylation sites is 1. The summed E-state index contributed by atoms with van der Waals surface area (Å²) in [6.07, 6.45) is 6.09. The first kappa shape index (κ1) is 16.6. The van der Waals surface area contributed by atoms with Crippen LogP contribution in [0.3, 0.4) is 0 Å². The Morgan fingerprint density at radius 1 is 1.04 bits per heavy atom. The summed E-state index contributed by atoms with van der Waals surface area (Å²) >= 11 is 0. The van der Waals surface area contributed by atoms with E-state index in [1.807, 2.05) is 17.0 Å². The maximum Gasteiger partial charge on any atom is 0.241 e. The number of rotatable bonds is 4. The van der Waals surface area contributed by atoms with E-state index in [1.165, 1.54) is 5.56 Å². The summed E-state index contributed by atoms with van der Waals surface area (Å²) < 4.78 is 0. The van der Waals surface area contributed by atoms with E-state index in [4.69, 9.17) is 0 Å². The number of hydrogen-bond acceptors (Lipinski definition) is 3. The number of amides is 2. The van der Waals surface area contributed by atoms with E-state index < -0.39 is 0 Å². The summed E-state index contributed by atoms with van der Waals surface area (Å²) in [5, 5.41) is 3.11. The fourth-order valence-corrected chi connectivity index (χ4v) is 3.97. The first-order valence-electron chi connectivity index (χ1n) is 9.62. The van der Waals surface area contributed by atoms with Crippen LogP contribution in [0.25, 0.3) is 0 Å². The van der Waals surface area contributed by atoms with E-state index >= 15 is 0 Å². The molecule has 5 nitrogen and oxygen atoms in total. The van der Waals surface area contributed by atoms with Crippen molar-refractivity contribution in [1.29, 1.82) is 0 Å². The summed E-state index contributed by atoms with van der Waals surface area (Å²) in [6.45, 7) is 2.95. The van der Waals surface area contributed by atoms with Crippen molar-refractivity contribution in [2.24, 2.45) is 5.92 Å². The number of fused-ring (bicyclic) bond motifs is 1. The van der Waals surface area contributed by atoms with Gasteiger partial charge in [0.2, 0.25) is 11.8 Å². The third kappa shape index (κ3) is 3.87. The molecule has 2 heterocycles. The van der Waals surface area contributed by atoms with Gasteiger partial charge in [0.05, 0.1) is 6.54 Å². The molecule has 0 radical (unpaired) electrons. The topological polar surface area (TPSA) is 52.7 Å². The van der Waals surface area contributed by atoms with Gasteiger partial charge in [0.25, 0.3) is 0 Å². The third-order valence-corrected chi connectivity index (χ3v) is 5.65. The quantitative estimate of drug-likeness (QED) is 0.911. The average molecular weight is 341 g/mol. The number of nitrogens with one attached hydrogen (secondary N) is 1. The molecular formula is C20H27N3O2. The largest absolute Gasteiger partial charge is 0.353 e. The average Bonchev–Trinajstić information content (AvgIpc) is 3.45. The van der Waals surface area contributed by atoms with Crippen molar-refractivity contribution in [2.75, 3.05) is 31.1 Å². The lowest BCUT2D eigenvalue weighted by Gasteiger charge is -2.34. The molecule has 5 heteroatoms. The van der Waals surface area contributed by atoms with Crippen LogP contribution in [-0.2, 0) is 16.0 Å².